The van der Waals surface area contributed by atoms with Crippen LogP contribution in [0, 0.1) is 19.8 Å². The summed E-state index contributed by atoms with van der Waals surface area (Å²) in [4.78, 5) is 2.68. The zero-order valence-corrected chi connectivity index (χ0v) is 14.4. The molecule has 2 heteroatoms. The molecule has 1 saturated heterocycles. The largest absolute Gasteiger partial charge is 0.309 e. The first-order chi connectivity index (χ1) is 10.0. The highest BCUT2D eigenvalue weighted by molar-refractivity contribution is 5.33. The van der Waals surface area contributed by atoms with Gasteiger partial charge in [-0.1, -0.05) is 37.6 Å². The molecule has 0 amide bonds. The molecule has 3 unspecified atom stereocenters. The number of likely N-dealkylation sites (tertiary alicyclic amines) is 1. The minimum Gasteiger partial charge on any atom is -0.309 e. The van der Waals surface area contributed by atoms with Crippen LogP contribution in [0.15, 0.2) is 18.2 Å². The maximum atomic E-state index is 3.71. The van der Waals surface area contributed by atoms with Crippen LogP contribution in [-0.2, 0) is 0 Å². The van der Waals surface area contributed by atoms with Crippen molar-refractivity contribution in [2.45, 2.75) is 59.5 Å². The Balaban J connectivity index is 2.17. The number of rotatable bonds is 5. The number of hydrogen-bond acceptors (Lipinski definition) is 2. The predicted molar refractivity (Wildman–Crippen MR) is 91.8 cm³/mol. The molecule has 1 aromatic rings. The molecule has 0 bridgehead atoms. The molecule has 1 N–H and O–H groups in total. The lowest BCUT2D eigenvalue weighted by Gasteiger charge is -2.40. The van der Waals surface area contributed by atoms with E-state index in [0.29, 0.717) is 12.1 Å². The average Bonchev–Trinajstić information content (AvgIpc) is 2.46. The number of nitrogens with zero attached hydrogens (tertiary/aromatic N) is 1. The van der Waals surface area contributed by atoms with Crippen LogP contribution in [0.5, 0.6) is 0 Å². The Morgan fingerprint density at radius 2 is 2.05 bits per heavy atom. The summed E-state index contributed by atoms with van der Waals surface area (Å²) in [6, 6.07) is 7.98. The first-order valence-electron chi connectivity index (χ1n) is 8.57. The molecular weight excluding hydrogens is 256 g/mol. The topological polar surface area (TPSA) is 15.3 Å². The third-order valence-corrected chi connectivity index (χ3v) is 5.18. The molecule has 0 saturated carbocycles. The van der Waals surface area contributed by atoms with Crippen LogP contribution in [0.3, 0.4) is 0 Å². The summed E-state index contributed by atoms with van der Waals surface area (Å²) in [7, 11) is 0. The second-order valence-corrected chi connectivity index (χ2v) is 6.83. The maximum Gasteiger partial charge on any atom is 0.0452 e. The standard InChI is InChI=1S/C19H32N2/c1-6-20-19(18-12-14(2)9-10-16(18)4)13-21-11-7-8-15(3)17(21)5/h9-10,12,15,17,19-20H,6-8,11,13H2,1-5H3. The van der Waals surface area contributed by atoms with Crippen LogP contribution in [0.1, 0.15) is 56.3 Å². The minimum atomic E-state index is 0.447. The van der Waals surface area contributed by atoms with Gasteiger partial charge in [-0.05, 0) is 63.7 Å². The number of likely N-dealkylation sites (N-methyl/N-ethyl adjacent to an activating group) is 1. The van der Waals surface area contributed by atoms with Crippen molar-refractivity contribution in [3.05, 3.63) is 34.9 Å². The van der Waals surface area contributed by atoms with E-state index in [9.17, 15) is 0 Å². The van der Waals surface area contributed by atoms with E-state index in [1.165, 1.54) is 36.1 Å². The number of benzene rings is 1. The highest BCUT2D eigenvalue weighted by Gasteiger charge is 2.27. The van der Waals surface area contributed by atoms with Gasteiger partial charge in [0, 0.05) is 18.6 Å². The van der Waals surface area contributed by atoms with E-state index >= 15 is 0 Å². The lowest BCUT2D eigenvalue weighted by Crippen LogP contribution is -2.46. The lowest BCUT2D eigenvalue weighted by molar-refractivity contribution is 0.102. The third kappa shape index (κ3) is 4.08. The van der Waals surface area contributed by atoms with Gasteiger partial charge in [0.2, 0.25) is 0 Å². The van der Waals surface area contributed by atoms with Gasteiger partial charge in [-0.25, -0.2) is 0 Å². The fourth-order valence-corrected chi connectivity index (χ4v) is 3.57. The van der Waals surface area contributed by atoms with Gasteiger partial charge in [0.1, 0.15) is 0 Å². The minimum absolute atomic E-state index is 0.447. The summed E-state index contributed by atoms with van der Waals surface area (Å²) in [6.07, 6.45) is 2.73. The van der Waals surface area contributed by atoms with E-state index in [1.807, 2.05) is 0 Å². The first-order valence-corrected chi connectivity index (χ1v) is 8.57. The smallest absolute Gasteiger partial charge is 0.0452 e. The van der Waals surface area contributed by atoms with Crippen LogP contribution in [0.2, 0.25) is 0 Å². The van der Waals surface area contributed by atoms with E-state index in [2.05, 4.69) is 63.0 Å². The monoisotopic (exact) mass is 288 g/mol. The molecule has 0 aliphatic carbocycles. The molecular formula is C19H32N2. The average molecular weight is 288 g/mol. The van der Waals surface area contributed by atoms with Crippen LogP contribution < -0.4 is 5.32 Å². The van der Waals surface area contributed by atoms with Crippen LogP contribution >= 0.6 is 0 Å². The summed E-state index contributed by atoms with van der Waals surface area (Å²) in [6.45, 7) is 14.8. The molecule has 0 spiro atoms. The van der Waals surface area contributed by atoms with Crippen LogP contribution in [0.25, 0.3) is 0 Å². The van der Waals surface area contributed by atoms with Gasteiger partial charge in [0.15, 0.2) is 0 Å². The molecule has 1 heterocycles. The van der Waals surface area contributed by atoms with Crippen molar-refractivity contribution in [2.24, 2.45) is 5.92 Å². The molecule has 0 radical (unpaired) electrons. The SMILES string of the molecule is CCNC(CN1CCCC(C)C1C)c1cc(C)ccc1C. The summed E-state index contributed by atoms with van der Waals surface area (Å²) in [5.41, 5.74) is 4.24. The first kappa shape index (κ1) is 16.5. The molecule has 21 heavy (non-hydrogen) atoms. The summed E-state index contributed by atoms with van der Waals surface area (Å²) in [5.74, 6) is 0.819. The van der Waals surface area contributed by atoms with E-state index in [1.54, 1.807) is 0 Å². The molecule has 2 nitrogen and oxygen atoms in total. The fourth-order valence-electron chi connectivity index (χ4n) is 3.57. The number of aryl methyl sites for hydroxylation is 2. The number of nitrogens with one attached hydrogen (secondary N) is 1. The van der Waals surface area contributed by atoms with Crippen molar-refractivity contribution in [3.63, 3.8) is 0 Å². The number of piperidine rings is 1. The Morgan fingerprint density at radius 1 is 1.29 bits per heavy atom. The Hall–Kier alpha value is -0.860. The van der Waals surface area contributed by atoms with Crippen molar-refractivity contribution in [1.82, 2.24) is 10.2 Å². The second-order valence-electron chi connectivity index (χ2n) is 6.83. The van der Waals surface area contributed by atoms with Crippen molar-refractivity contribution in [1.29, 1.82) is 0 Å². The van der Waals surface area contributed by atoms with Gasteiger partial charge in [-0.3, -0.25) is 4.90 Å². The third-order valence-electron chi connectivity index (χ3n) is 5.18. The second kappa shape index (κ2) is 7.42. The predicted octanol–water partition coefficient (Wildman–Crippen LogP) is 4.07. The molecule has 0 aromatic heterocycles. The normalized spacial score (nSPS) is 25.0. The highest BCUT2D eigenvalue weighted by atomic mass is 15.2. The molecule has 1 aliphatic heterocycles. The number of hydrogen-bond donors (Lipinski definition) is 1. The molecule has 1 aromatic carbocycles. The molecule has 118 valence electrons. The molecule has 2 rings (SSSR count). The van der Waals surface area contributed by atoms with Gasteiger partial charge in [-0.15, -0.1) is 0 Å². The zero-order chi connectivity index (χ0) is 15.4. The summed E-state index contributed by atoms with van der Waals surface area (Å²) >= 11 is 0. The van der Waals surface area contributed by atoms with Crippen molar-refractivity contribution >= 4 is 0 Å². The van der Waals surface area contributed by atoms with Gasteiger partial charge in [0.25, 0.3) is 0 Å². The Bertz CT molecular complexity index is 455. The van der Waals surface area contributed by atoms with E-state index < -0.39 is 0 Å². The molecule has 3 atom stereocenters. The van der Waals surface area contributed by atoms with Crippen LogP contribution in [-0.4, -0.2) is 30.6 Å². The van der Waals surface area contributed by atoms with Crippen LogP contribution in [0.4, 0.5) is 0 Å². The lowest BCUT2D eigenvalue weighted by atomic mass is 9.90. The highest BCUT2D eigenvalue weighted by Crippen LogP contribution is 2.27. The van der Waals surface area contributed by atoms with Crippen molar-refractivity contribution < 1.29 is 0 Å². The molecule has 1 aliphatic rings. The van der Waals surface area contributed by atoms with E-state index in [0.717, 1.165) is 19.0 Å². The zero-order valence-electron chi connectivity index (χ0n) is 14.4. The fraction of sp³-hybridized carbons (Fsp3) is 0.684. The van der Waals surface area contributed by atoms with E-state index in [4.69, 9.17) is 0 Å². The van der Waals surface area contributed by atoms with Gasteiger partial charge < -0.3 is 5.32 Å². The summed E-state index contributed by atoms with van der Waals surface area (Å²) < 4.78 is 0. The maximum absolute atomic E-state index is 3.71. The Labute approximate surface area is 130 Å². The van der Waals surface area contributed by atoms with Crippen molar-refractivity contribution in [2.75, 3.05) is 19.6 Å². The quantitative estimate of drug-likeness (QED) is 0.878. The molecule has 1 fully saturated rings. The van der Waals surface area contributed by atoms with Crippen molar-refractivity contribution in [3.8, 4) is 0 Å². The van der Waals surface area contributed by atoms with Gasteiger partial charge in [0.05, 0.1) is 0 Å². The van der Waals surface area contributed by atoms with Gasteiger partial charge in [-0.2, -0.15) is 0 Å². The Morgan fingerprint density at radius 3 is 2.76 bits per heavy atom. The van der Waals surface area contributed by atoms with Gasteiger partial charge >= 0.3 is 0 Å². The summed E-state index contributed by atoms with van der Waals surface area (Å²) in [5, 5.41) is 3.71. The Kier molecular flexibility index (Phi) is 5.83. The van der Waals surface area contributed by atoms with E-state index in [-0.39, 0.29) is 0 Å².